The molecule has 0 spiro atoms. The quantitative estimate of drug-likeness (QED) is 0.263. The third kappa shape index (κ3) is 6.18. The molecule has 1 aliphatic rings. The first-order chi connectivity index (χ1) is 15.1. The number of hydrogen-bond acceptors (Lipinski definition) is 5. The lowest BCUT2D eigenvalue weighted by atomic mass is 9.90. The predicted octanol–water partition coefficient (Wildman–Crippen LogP) is 3.51. The van der Waals surface area contributed by atoms with E-state index in [1.807, 2.05) is 31.2 Å². The molecular formula is C23H31IN4O4. The summed E-state index contributed by atoms with van der Waals surface area (Å²) in [4.78, 5) is 16.8. The van der Waals surface area contributed by atoms with Gasteiger partial charge in [0.05, 0.1) is 27.9 Å². The van der Waals surface area contributed by atoms with Crippen molar-refractivity contribution in [2.45, 2.75) is 25.8 Å². The maximum absolute atomic E-state index is 12.1. The Balaban J connectivity index is 0.00000363. The molecule has 1 aliphatic heterocycles. The number of anilines is 1. The first-order valence-electron chi connectivity index (χ1n) is 10.3. The van der Waals surface area contributed by atoms with E-state index in [1.165, 1.54) is 0 Å². The van der Waals surface area contributed by atoms with E-state index in [9.17, 15) is 4.79 Å². The number of hydrogen-bond donors (Lipinski definition) is 3. The van der Waals surface area contributed by atoms with Gasteiger partial charge in [0.15, 0.2) is 17.5 Å². The lowest BCUT2D eigenvalue weighted by molar-refractivity contribution is -0.116. The molecule has 1 atom stereocenters. The molecule has 0 radical (unpaired) electrons. The summed E-state index contributed by atoms with van der Waals surface area (Å²) >= 11 is 0. The Bertz CT molecular complexity index is 952. The van der Waals surface area contributed by atoms with E-state index in [0.29, 0.717) is 42.7 Å². The molecule has 3 rings (SSSR count). The molecule has 3 N–H and O–H groups in total. The van der Waals surface area contributed by atoms with E-state index >= 15 is 0 Å². The second-order valence-corrected chi connectivity index (χ2v) is 7.13. The molecule has 0 aliphatic carbocycles. The highest BCUT2D eigenvalue weighted by atomic mass is 127. The van der Waals surface area contributed by atoms with E-state index in [1.54, 1.807) is 27.4 Å². The highest BCUT2D eigenvalue weighted by molar-refractivity contribution is 14.0. The van der Waals surface area contributed by atoms with Gasteiger partial charge in [-0.3, -0.25) is 4.79 Å². The SMILES string of the molecule is CCNC(=NCc1cc(OC)c(OC)cc1OC)NCC1CC(=O)Nc2ccccc21.I. The van der Waals surface area contributed by atoms with Crippen molar-refractivity contribution in [2.24, 2.45) is 4.99 Å². The first-order valence-corrected chi connectivity index (χ1v) is 10.3. The van der Waals surface area contributed by atoms with Gasteiger partial charge in [-0.15, -0.1) is 24.0 Å². The van der Waals surface area contributed by atoms with Crippen LogP contribution < -0.4 is 30.2 Å². The zero-order valence-corrected chi connectivity index (χ0v) is 21.2. The van der Waals surface area contributed by atoms with Gasteiger partial charge in [-0.05, 0) is 24.6 Å². The molecule has 0 bridgehead atoms. The van der Waals surface area contributed by atoms with Crippen molar-refractivity contribution in [3.63, 3.8) is 0 Å². The van der Waals surface area contributed by atoms with Gasteiger partial charge < -0.3 is 30.2 Å². The van der Waals surface area contributed by atoms with Crippen molar-refractivity contribution in [3.8, 4) is 17.2 Å². The van der Waals surface area contributed by atoms with Crippen molar-refractivity contribution in [3.05, 3.63) is 47.5 Å². The summed E-state index contributed by atoms with van der Waals surface area (Å²) in [6.45, 7) is 3.72. The number of benzene rings is 2. The highest BCUT2D eigenvalue weighted by Crippen LogP contribution is 2.35. The number of aliphatic imine (C=N–C) groups is 1. The Kier molecular flexibility index (Phi) is 9.89. The number of fused-ring (bicyclic) bond motifs is 1. The molecular weight excluding hydrogens is 523 g/mol. The molecule has 1 amide bonds. The highest BCUT2D eigenvalue weighted by Gasteiger charge is 2.24. The summed E-state index contributed by atoms with van der Waals surface area (Å²) in [6, 6.07) is 11.6. The summed E-state index contributed by atoms with van der Waals surface area (Å²) in [5.74, 6) is 2.67. The minimum Gasteiger partial charge on any atom is -0.496 e. The Hall–Kier alpha value is -2.69. The van der Waals surface area contributed by atoms with Gasteiger partial charge in [-0.25, -0.2) is 4.99 Å². The fourth-order valence-corrected chi connectivity index (χ4v) is 3.63. The largest absolute Gasteiger partial charge is 0.496 e. The van der Waals surface area contributed by atoms with Gasteiger partial charge in [0, 0.05) is 42.7 Å². The Morgan fingerprint density at radius 1 is 1.06 bits per heavy atom. The van der Waals surface area contributed by atoms with Crippen LogP contribution in [0.25, 0.3) is 0 Å². The van der Waals surface area contributed by atoms with E-state index in [2.05, 4.69) is 22.0 Å². The molecule has 0 saturated heterocycles. The molecule has 0 fully saturated rings. The Labute approximate surface area is 206 Å². The van der Waals surface area contributed by atoms with Crippen LogP contribution in [0.15, 0.2) is 41.4 Å². The minimum atomic E-state index is 0. The Morgan fingerprint density at radius 3 is 2.44 bits per heavy atom. The molecule has 9 heteroatoms. The van der Waals surface area contributed by atoms with E-state index in [0.717, 1.165) is 23.4 Å². The van der Waals surface area contributed by atoms with Crippen molar-refractivity contribution < 1.29 is 19.0 Å². The maximum Gasteiger partial charge on any atom is 0.225 e. The number of ether oxygens (including phenoxy) is 3. The van der Waals surface area contributed by atoms with E-state index < -0.39 is 0 Å². The summed E-state index contributed by atoms with van der Waals surface area (Å²) in [7, 11) is 4.80. The topological polar surface area (TPSA) is 93.2 Å². The van der Waals surface area contributed by atoms with Crippen LogP contribution in [0, 0.1) is 0 Å². The number of para-hydroxylation sites is 1. The normalized spacial score (nSPS) is 15.1. The molecule has 8 nitrogen and oxygen atoms in total. The lowest BCUT2D eigenvalue weighted by Gasteiger charge is -2.26. The molecule has 32 heavy (non-hydrogen) atoms. The van der Waals surface area contributed by atoms with Crippen LogP contribution in [0.2, 0.25) is 0 Å². The number of guanidine groups is 1. The minimum absolute atomic E-state index is 0. The van der Waals surface area contributed by atoms with Crippen LogP contribution in [-0.2, 0) is 11.3 Å². The fraction of sp³-hybridized carbons (Fsp3) is 0.391. The monoisotopic (exact) mass is 554 g/mol. The van der Waals surface area contributed by atoms with Gasteiger partial charge >= 0.3 is 0 Å². The average molecular weight is 554 g/mol. The number of carbonyl (C=O) groups excluding carboxylic acids is 1. The molecule has 1 unspecified atom stereocenters. The maximum atomic E-state index is 12.1. The number of rotatable bonds is 8. The summed E-state index contributed by atoms with van der Waals surface area (Å²) in [5, 5.41) is 9.56. The third-order valence-electron chi connectivity index (χ3n) is 5.16. The van der Waals surface area contributed by atoms with Crippen LogP contribution in [0.3, 0.4) is 0 Å². The second-order valence-electron chi connectivity index (χ2n) is 7.13. The molecule has 1 heterocycles. The second kappa shape index (κ2) is 12.4. The summed E-state index contributed by atoms with van der Waals surface area (Å²) < 4.78 is 16.2. The number of carbonyl (C=O) groups is 1. The third-order valence-corrected chi connectivity index (χ3v) is 5.16. The zero-order valence-electron chi connectivity index (χ0n) is 18.9. The van der Waals surface area contributed by atoms with Crippen LogP contribution in [0.5, 0.6) is 17.2 Å². The van der Waals surface area contributed by atoms with Gasteiger partial charge in [0.25, 0.3) is 0 Å². The number of nitrogens with one attached hydrogen (secondary N) is 3. The standard InChI is InChI=1S/C23H30N4O4.HI/c1-5-24-23(25-13-15-11-22(28)27-18-9-7-6-8-17(15)18)26-14-16-10-20(30-3)21(31-4)12-19(16)29-2;/h6-10,12,15H,5,11,13-14H2,1-4H3,(H,27,28)(H2,24,25,26);1H. The average Bonchev–Trinajstić information content (AvgIpc) is 2.79. The summed E-state index contributed by atoms with van der Waals surface area (Å²) in [5.41, 5.74) is 2.88. The van der Waals surface area contributed by atoms with Crippen LogP contribution in [0.1, 0.15) is 30.4 Å². The van der Waals surface area contributed by atoms with Crippen LogP contribution in [0.4, 0.5) is 5.69 Å². The first kappa shape index (κ1) is 25.6. The van der Waals surface area contributed by atoms with E-state index in [4.69, 9.17) is 19.2 Å². The van der Waals surface area contributed by atoms with E-state index in [-0.39, 0.29) is 35.8 Å². The van der Waals surface area contributed by atoms with Gasteiger partial charge in [-0.1, -0.05) is 18.2 Å². The molecule has 2 aromatic rings. The number of methoxy groups -OCH3 is 3. The van der Waals surface area contributed by atoms with Crippen molar-refractivity contribution in [1.29, 1.82) is 0 Å². The van der Waals surface area contributed by atoms with Crippen LogP contribution in [-0.4, -0.2) is 46.3 Å². The molecule has 0 saturated carbocycles. The van der Waals surface area contributed by atoms with Crippen LogP contribution >= 0.6 is 24.0 Å². The smallest absolute Gasteiger partial charge is 0.225 e. The number of amides is 1. The van der Waals surface area contributed by atoms with Gasteiger partial charge in [0.2, 0.25) is 5.91 Å². The lowest BCUT2D eigenvalue weighted by Crippen LogP contribution is -2.40. The zero-order chi connectivity index (χ0) is 22.2. The molecule has 174 valence electrons. The van der Waals surface area contributed by atoms with Crippen molar-refractivity contribution in [2.75, 3.05) is 39.7 Å². The molecule has 0 aromatic heterocycles. The Morgan fingerprint density at radius 2 is 1.75 bits per heavy atom. The van der Waals surface area contributed by atoms with Gasteiger partial charge in [0.1, 0.15) is 5.75 Å². The number of nitrogens with zero attached hydrogens (tertiary/aromatic N) is 1. The van der Waals surface area contributed by atoms with Crippen molar-refractivity contribution in [1.82, 2.24) is 10.6 Å². The van der Waals surface area contributed by atoms with Crippen molar-refractivity contribution >= 4 is 41.5 Å². The molecule has 2 aromatic carbocycles. The summed E-state index contributed by atoms with van der Waals surface area (Å²) in [6.07, 6.45) is 0.437. The fourth-order valence-electron chi connectivity index (χ4n) is 3.63. The number of halogens is 1. The van der Waals surface area contributed by atoms with Gasteiger partial charge in [-0.2, -0.15) is 0 Å². The predicted molar refractivity (Wildman–Crippen MR) is 137 cm³/mol.